The number of aromatic nitrogens is 5. The van der Waals surface area contributed by atoms with Crippen LogP contribution in [-0.2, 0) is 7.05 Å². The van der Waals surface area contributed by atoms with Crippen molar-refractivity contribution in [2.45, 2.75) is 0 Å². The molecule has 0 saturated carbocycles. The maximum absolute atomic E-state index is 11.2. The highest BCUT2D eigenvalue weighted by atomic mass is 16.1. The van der Waals surface area contributed by atoms with Crippen LogP contribution in [-0.4, -0.2) is 24.4 Å². The number of nitrogens with one attached hydrogen (secondary N) is 1. The van der Waals surface area contributed by atoms with Crippen molar-refractivity contribution in [3.63, 3.8) is 0 Å². The Morgan fingerprint density at radius 3 is 2.94 bits per heavy atom. The second-order valence-electron chi connectivity index (χ2n) is 3.56. The Kier molecular flexibility index (Phi) is 1.70. The summed E-state index contributed by atoms with van der Waals surface area (Å²) in [6.45, 7) is 0. The van der Waals surface area contributed by atoms with E-state index in [1.807, 2.05) is 25.4 Å². The van der Waals surface area contributed by atoms with Crippen molar-refractivity contribution in [1.29, 1.82) is 0 Å². The molecule has 0 atom stereocenters. The van der Waals surface area contributed by atoms with E-state index in [0.717, 1.165) is 16.8 Å². The Morgan fingerprint density at radius 1 is 1.31 bits per heavy atom. The fourth-order valence-electron chi connectivity index (χ4n) is 1.71. The van der Waals surface area contributed by atoms with Crippen LogP contribution < -0.4 is 5.69 Å². The molecule has 0 bridgehead atoms. The first-order valence-corrected chi connectivity index (χ1v) is 4.80. The summed E-state index contributed by atoms with van der Waals surface area (Å²) in [5.41, 5.74) is 2.32. The molecule has 80 valence electrons. The molecule has 3 heterocycles. The van der Waals surface area contributed by atoms with E-state index in [1.165, 1.54) is 0 Å². The molecular weight excluding hydrogens is 206 g/mol. The minimum atomic E-state index is -0.367. The molecule has 0 spiro atoms. The van der Waals surface area contributed by atoms with Crippen molar-refractivity contribution < 1.29 is 0 Å². The van der Waals surface area contributed by atoms with Gasteiger partial charge in [0, 0.05) is 18.8 Å². The van der Waals surface area contributed by atoms with Gasteiger partial charge in [-0.3, -0.25) is 9.20 Å². The topological polar surface area (TPSA) is 68.0 Å². The fraction of sp³-hybridized carbons (Fsp3) is 0.100. The van der Waals surface area contributed by atoms with Gasteiger partial charge in [0.2, 0.25) is 0 Å². The highest BCUT2D eigenvalue weighted by Crippen LogP contribution is 2.19. The summed E-state index contributed by atoms with van der Waals surface area (Å²) in [6.07, 6.45) is 5.18. The summed E-state index contributed by atoms with van der Waals surface area (Å²) >= 11 is 0. The zero-order valence-corrected chi connectivity index (χ0v) is 8.58. The third kappa shape index (κ3) is 1.23. The molecule has 0 unspecified atom stereocenters. The Labute approximate surface area is 90.1 Å². The Morgan fingerprint density at radius 2 is 2.19 bits per heavy atom. The number of hydrogen-bond acceptors (Lipinski definition) is 3. The number of H-pyrrole nitrogens is 1. The summed E-state index contributed by atoms with van der Waals surface area (Å²) in [5.74, 6) is 0. The van der Waals surface area contributed by atoms with Gasteiger partial charge < -0.3 is 0 Å². The standard InChI is InChI=1S/C10H9N5O/c1-14-6-7(4-12-14)9-3-2-8-5-11-10(16)13-15(8)9/h2-6H,1H3,(H,13,16). The monoisotopic (exact) mass is 215 g/mol. The first kappa shape index (κ1) is 8.90. The molecule has 0 aromatic carbocycles. The lowest BCUT2D eigenvalue weighted by Gasteiger charge is -1.98. The molecule has 0 radical (unpaired) electrons. The van der Waals surface area contributed by atoms with Gasteiger partial charge in [0.05, 0.1) is 23.6 Å². The summed E-state index contributed by atoms with van der Waals surface area (Å²) in [4.78, 5) is 14.8. The maximum Gasteiger partial charge on any atom is 0.360 e. The minimum absolute atomic E-state index is 0.367. The van der Waals surface area contributed by atoms with Crippen LogP contribution >= 0.6 is 0 Å². The van der Waals surface area contributed by atoms with E-state index in [1.54, 1.807) is 21.6 Å². The first-order valence-electron chi connectivity index (χ1n) is 4.80. The third-order valence-corrected chi connectivity index (χ3v) is 2.43. The van der Waals surface area contributed by atoms with Gasteiger partial charge in [-0.2, -0.15) is 10.1 Å². The molecule has 0 aliphatic heterocycles. The summed E-state index contributed by atoms with van der Waals surface area (Å²) in [5, 5.41) is 6.76. The number of rotatable bonds is 1. The molecule has 1 N–H and O–H groups in total. The predicted molar refractivity (Wildman–Crippen MR) is 58.0 cm³/mol. The fourth-order valence-corrected chi connectivity index (χ4v) is 1.71. The average molecular weight is 215 g/mol. The van der Waals surface area contributed by atoms with Crippen LogP contribution in [0.2, 0.25) is 0 Å². The van der Waals surface area contributed by atoms with E-state index in [2.05, 4.69) is 15.2 Å². The molecule has 0 amide bonds. The SMILES string of the molecule is Cn1cc(-c2ccc3cnc(=O)[nH]n23)cn1. The van der Waals surface area contributed by atoms with Crippen molar-refractivity contribution >= 4 is 5.52 Å². The van der Waals surface area contributed by atoms with Crippen LogP contribution in [0.1, 0.15) is 0 Å². The van der Waals surface area contributed by atoms with Crippen molar-refractivity contribution in [3.05, 3.63) is 41.2 Å². The van der Waals surface area contributed by atoms with Crippen LogP contribution in [0.25, 0.3) is 16.8 Å². The normalized spacial score (nSPS) is 11.1. The molecule has 3 aromatic rings. The molecule has 0 aliphatic rings. The Bertz CT molecular complexity index is 705. The third-order valence-electron chi connectivity index (χ3n) is 2.43. The molecule has 0 saturated heterocycles. The van der Waals surface area contributed by atoms with Gasteiger partial charge in [-0.25, -0.2) is 9.89 Å². The summed E-state index contributed by atoms with van der Waals surface area (Å²) < 4.78 is 3.42. The highest BCUT2D eigenvalue weighted by Gasteiger charge is 2.06. The van der Waals surface area contributed by atoms with Crippen LogP contribution in [0.5, 0.6) is 0 Å². The minimum Gasteiger partial charge on any atom is -0.275 e. The number of fused-ring (bicyclic) bond motifs is 1. The molecule has 0 fully saturated rings. The van der Waals surface area contributed by atoms with Crippen LogP contribution in [0.4, 0.5) is 0 Å². The Balaban J connectivity index is 2.31. The summed E-state index contributed by atoms with van der Waals surface area (Å²) in [6, 6.07) is 3.81. The van der Waals surface area contributed by atoms with Gasteiger partial charge in [-0.15, -0.1) is 0 Å². The van der Waals surface area contributed by atoms with Gasteiger partial charge >= 0.3 is 5.69 Å². The number of nitrogens with zero attached hydrogens (tertiary/aromatic N) is 4. The molecule has 6 nitrogen and oxygen atoms in total. The number of hydrogen-bond donors (Lipinski definition) is 1. The second-order valence-corrected chi connectivity index (χ2v) is 3.56. The predicted octanol–water partition coefficient (Wildman–Crippen LogP) is 0.423. The zero-order chi connectivity index (χ0) is 11.1. The molecule has 6 heteroatoms. The molecule has 0 aliphatic carbocycles. The van der Waals surface area contributed by atoms with E-state index < -0.39 is 0 Å². The van der Waals surface area contributed by atoms with Gasteiger partial charge in [0.15, 0.2) is 0 Å². The van der Waals surface area contributed by atoms with Gasteiger partial charge in [0.1, 0.15) is 0 Å². The second kappa shape index (κ2) is 3.06. The van der Waals surface area contributed by atoms with Crippen molar-refractivity contribution in [2.24, 2.45) is 7.05 Å². The van der Waals surface area contributed by atoms with E-state index >= 15 is 0 Å². The number of aryl methyl sites for hydroxylation is 1. The lowest BCUT2D eigenvalue weighted by molar-refractivity contribution is 0.768. The average Bonchev–Trinajstić information content (AvgIpc) is 2.83. The van der Waals surface area contributed by atoms with Crippen LogP contribution in [0, 0.1) is 0 Å². The lowest BCUT2D eigenvalue weighted by Crippen LogP contribution is -2.13. The number of aromatic amines is 1. The van der Waals surface area contributed by atoms with E-state index in [4.69, 9.17) is 0 Å². The quantitative estimate of drug-likeness (QED) is 0.639. The van der Waals surface area contributed by atoms with Crippen LogP contribution in [0.15, 0.2) is 35.5 Å². The molecule has 3 aromatic heterocycles. The largest absolute Gasteiger partial charge is 0.360 e. The molecule has 3 rings (SSSR count). The van der Waals surface area contributed by atoms with Crippen LogP contribution in [0.3, 0.4) is 0 Å². The Hall–Kier alpha value is -2.37. The van der Waals surface area contributed by atoms with Crippen molar-refractivity contribution in [2.75, 3.05) is 0 Å². The molecular formula is C10H9N5O. The molecule has 16 heavy (non-hydrogen) atoms. The van der Waals surface area contributed by atoms with Gasteiger partial charge in [0.25, 0.3) is 0 Å². The van der Waals surface area contributed by atoms with E-state index in [9.17, 15) is 4.79 Å². The smallest absolute Gasteiger partial charge is 0.275 e. The van der Waals surface area contributed by atoms with Crippen molar-refractivity contribution in [3.8, 4) is 11.3 Å². The van der Waals surface area contributed by atoms with E-state index in [0.29, 0.717) is 0 Å². The highest BCUT2D eigenvalue weighted by molar-refractivity contribution is 5.64. The van der Waals surface area contributed by atoms with E-state index in [-0.39, 0.29) is 5.69 Å². The zero-order valence-electron chi connectivity index (χ0n) is 8.58. The first-order chi connectivity index (χ1) is 7.74. The van der Waals surface area contributed by atoms with Crippen molar-refractivity contribution in [1.82, 2.24) is 24.4 Å². The summed E-state index contributed by atoms with van der Waals surface area (Å²) in [7, 11) is 1.85. The van der Waals surface area contributed by atoms with Gasteiger partial charge in [-0.05, 0) is 12.1 Å². The lowest BCUT2D eigenvalue weighted by atomic mass is 10.3. The maximum atomic E-state index is 11.2. The van der Waals surface area contributed by atoms with Gasteiger partial charge in [-0.1, -0.05) is 0 Å².